The highest BCUT2D eigenvalue weighted by molar-refractivity contribution is 7.62. The molecule has 1 heterocycles. The van der Waals surface area contributed by atoms with Crippen molar-refractivity contribution in [1.29, 1.82) is 0 Å². The quantitative estimate of drug-likeness (QED) is 0.664. The molecule has 8 heteroatoms. The molecule has 0 saturated carbocycles. The Labute approximate surface area is 128 Å². The standard InChI is InChI=1S/C12H16Cl2N3O2P/c1-16-11-5-3-2-4-10(11)12(18)17(9-7-14)20(16,19)15-8-6-13/h2-5H,6-9H2,1H3,(H,15,19). The highest BCUT2D eigenvalue weighted by Gasteiger charge is 2.44. The van der Waals surface area contributed by atoms with E-state index < -0.39 is 7.59 Å². The van der Waals surface area contributed by atoms with Crippen LogP contribution >= 0.6 is 30.8 Å². The van der Waals surface area contributed by atoms with Crippen LogP contribution in [-0.4, -0.2) is 42.5 Å². The second-order valence-electron chi connectivity index (χ2n) is 4.30. The molecule has 2 rings (SSSR count). The van der Waals surface area contributed by atoms with Crippen LogP contribution in [-0.2, 0) is 4.57 Å². The number of nitrogens with zero attached hydrogens (tertiary/aromatic N) is 2. The normalized spacial score (nSPS) is 22.1. The highest BCUT2D eigenvalue weighted by Crippen LogP contribution is 2.55. The van der Waals surface area contributed by atoms with Gasteiger partial charge in [-0.15, -0.1) is 23.2 Å². The number of amides is 1. The van der Waals surface area contributed by atoms with E-state index in [1.165, 1.54) is 4.67 Å². The minimum Gasteiger partial charge on any atom is -0.297 e. The number of nitrogens with one attached hydrogen (secondary N) is 1. The summed E-state index contributed by atoms with van der Waals surface area (Å²) in [5.41, 5.74) is 1.17. The average molecular weight is 336 g/mol. The SMILES string of the molecule is CN1c2ccccc2C(=O)N(CCCl)P1(=O)NCCCl. The summed E-state index contributed by atoms with van der Waals surface area (Å²) in [5, 5.41) is 2.90. The molecule has 1 aromatic carbocycles. The lowest BCUT2D eigenvalue weighted by molar-refractivity contribution is 0.0858. The molecule has 110 valence electrons. The van der Waals surface area contributed by atoms with E-state index in [2.05, 4.69) is 5.09 Å². The van der Waals surface area contributed by atoms with Crippen LogP contribution in [0.2, 0.25) is 0 Å². The van der Waals surface area contributed by atoms with Gasteiger partial charge in [-0.25, -0.2) is 5.09 Å². The molecule has 1 aliphatic heterocycles. The van der Waals surface area contributed by atoms with Gasteiger partial charge in [0.2, 0.25) is 0 Å². The molecule has 0 spiro atoms. The third-order valence-electron chi connectivity index (χ3n) is 3.16. The lowest BCUT2D eigenvalue weighted by Crippen LogP contribution is -2.45. The Kier molecular flexibility index (Phi) is 4.97. The molecule has 1 atom stereocenters. The van der Waals surface area contributed by atoms with Crippen molar-refractivity contribution < 1.29 is 9.36 Å². The molecule has 0 radical (unpaired) electrons. The first-order valence-corrected chi connectivity index (χ1v) is 8.87. The molecule has 0 aromatic heterocycles. The van der Waals surface area contributed by atoms with Gasteiger partial charge in [0.1, 0.15) is 0 Å². The van der Waals surface area contributed by atoms with E-state index in [1.807, 2.05) is 6.07 Å². The van der Waals surface area contributed by atoms with E-state index in [-0.39, 0.29) is 18.3 Å². The van der Waals surface area contributed by atoms with Gasteiger partial charge in [0.15, 0.2) is 0 Å². The largest absolute Gasteiger partial charge is 0.335 e. The maximum absolute atomic E-state index is 13.2. The predicted molar refractivity (Wildman–Crippen MR) is 82.9 cm³/mol. The second kappa shape index (κ2) is 6.35. The van der Waals surface area contributed by atoms with Crippen LogP contribution in [0.1, 0.15) is 10.4 Å². The van der Waals surface area contributed by atoms with Crippen LogP contribution in [0.25, 0.3) is 0 Å². The molecule has 1 aromatic rings. The number of carbonyl (C=O) groups excluding carboxylic acids is 1. The summed E-state index contributed by atoms with van der Waals surface area (Å²) >= 11 is 11.4. The number of fused-ring (bicyclic) bond motifs is 1. The summed E-state index contributed by atoms with van der Waals surface area (Å²) in [5.74, 6) is 0.251. The van der Waals surface area contributed by atoms with Gasteiger partial charge in [0.05, 0.1) is 11.3 Å². The molecule has 1 N–H and O–H groups in total. The van der Waals surface area contributed by atoms with Gasteiger partial charge < -0.3 is 0 Å². The molecule has 5 nitrogen and oxygen atoms in total. The van der Waals surface area contributed by atoms with Crippen molar-refractivity contribution in [3.8, 4) is 0 Å². The smallest absolute Gasteiger partial charge is 0.297 e. The van der Waals surface area contributed by atoms with Gasteiger partial charge >= 0.3 is 7.59 Å². The monoisotopic (exact) mass is 335 g/mol. The average Bonchev–Trinajstić information content (AvgIpc) is 2.47. The molecule has 0 aliphatic carbocycles. The summed E-state index contributed by atoms with van der Waals surface area (Å²) in [6.07, 6.45) is 0. The molecule has 0 fully saturated rings. The Morgan fingerprint density at radius 1 is 1.25 bits per heavy atom. The van der Waals surface area contributed by atoms with Crippen LogP contribution in [0.3, 0.4) is 0 Å². The van der Waals surface area contributed by atoms with Gasteiger partial charge in [-0.1, -0.05) is 12.1 Å². The molecular formula is C12H16Cl2N3O2P. The van der Waals surface area contributed by atoms with Gasteiger partial charge in [-0.2, -0.15) is 0 Å². The zero-order valence-corrected chi connectivity index (χ0v) is 13.5. The Morgan fingerprint density at radius 2 is 1.95 bits per heavy atom. The highest BCUT2D eigenvalue weighted by atomic mass is 35.5. The number of halogens is 2. The van der Waals surface area contributed by atoms with Crippen LogP contribution in [0.5, 0.6) is 0 Å². The van der Waals surface area contributed by atoms with E-state index in [0.29, 0.717) is 23.7 Å². The van der Waals surface area contributed by atoms with Crippen molar-refractivity contribution in [3.63, 3.8) is 0 Å². The first-order valence-electron chi connectivity index (χ1n) is 6.19. The van der Waals surface area contributed by atoms with Gasteiger partial charge in [0, 0.05) is 31.9 Å². The van der Waals surface area contributed by atoms with E-state index in [4.69, 9.17) is 23.2 Å². The number of benzene rings is 1. The van der Waals surface area contributed by atoms with Crippen LogP contribution in [0.4, 0.5) is 5.69 Å². The fourth-order valence-corrected chi connectivity index (χ4v) is 5.02. The van der Waals surface area contributed by atoms with Crippen LogP contribution < -0.4 is 9.76 Å². The van der Waals surface area contributed by atoms with Crippen molar-refractivity contribution in [1.82, 2.24) is 9.76 Å². The number of carbonyl (C=O) groups is 1. The third kappa shape index (κ3) is 2.56. The molecule has 1 aliphatic rings. The Morgan fingerprint density at radius 3 is 2.60 bits per heavy atom. The third-order valence-corrected chi connectivity index (χ3v) is 6.22. The maximum atomic E-state index is 13.2. The fourth-order valence-electron chi connectivity index (χ4n) is 2.20. The zero-order chi connectivity index (χ0) is 14.8. The molecular weight excluding hydrogens is 320 g/mol. The lowest BCUT2D eigenvalue weighted by Gasteiger charge is -2.42. The minimum atomic E-state index is -3.24. The van der Waals surface area contributed by atoms with E-state index >= 15 is 0 Å². The predicted octanol–water partition coefficient (Wildman–Crippen LogP) is 2.75. The summed E-state index contributed by atoms with van der Waals surface area (Å²) in [4.78, 5) is 12.5. The topological polar surface area (TPSA) is 52.7 Å². The number of alkyl halides is 2. The van der Waals surface area contributed by atoms with E-state index in [9.17, 15) is 9.36 Å². The molecule has 1 amide bonds. The second-order valence-corrected chi connectivity index (χ2v) is 7.54. The Bertz CT molecular complexity index is 555. The fraction of sp³-hybridized carbons (Fsp3) is 0.417. The van der Waals surface area contributed by atoms with E-state index in [0.717, 1.165) is 0 Å². The molecule has 0 saturated heterocycles. The summed E-state index contributed by atoms with van der Waals surface area (Å²) < 4.78 is 16.1. The van der Waals surface area contributed by atoms with Gasteiger partial charge in [-0.05, 0) is 12.1 Å². The van der Waals surface area contributed by atoms with Crippen molar-refractivity contribution in [2.45, 2.75) is 0 Å². The molecule has 1 unspecified atom stereocenters. The van der Waals surface area contributed by atoms with Crippen LogP contribution in [0, 0.1) is 0 Å². The number of para-hydroxylation sites is 1. The minimum absolute atomic E-state index is 0.214. The Hall–Kier alpha value is -0.740. The number of rotatable bonds is 5. The summed E-state index contributed by atoms with van der Waals surface area (Å²) in [6.45, 7) is 0.559. The maximum Gasteiger partial charge on any atom is 0.335 e. The summed E-state index contributed by atoms with van der Waals surface area (Å²) in [6, 6.07) is 7.10. The molecule has 20 heavy (non-hydrogen) atoms. The first-order chi connectivity index (χ1) is 9.56. The van der Waals surface area contributed by atoms with Gasteiger partial charge in [0.25, 0.3) is 5.91 Å². The zero-order valence-electron chi connectivity index (χ0n) is 11.1. The van der Waals surface area contributed by atoms with Crippen molar-refractivity contribution >= 4 is 42.4 Å². The number of hydrogen-bond donors (Lipinski definition) is 1. The van der Waals surface area contributed by atoms with Crippen molar-refractivity contribution in [3.05, 3.63) is 29.8 Å². The lowest BCUT2D eigenvalue weighted by atomic mass is 10.1. The van der Waals surface area contributed by atoms with E-state index in [1.54, 1.807) is 29.9 Å². The van der Waals surface area contributed by atoms with Crippen molar-refractivity contribution in [2.24, 2.45) is 0 Å². The number of anilines is 1. The number of hydrogen-bond acceptors (Lipinski definition) is 2. The Balaban J connectivity index is 2.50. The van der Waals surface area contributed by atoms with Gasteiger partial charge in [-0.3, -0.25) is 18.7 Å². The molecule has 0 bridgehead atoms. The summed E-state index contributed by atoms with van der Waals surface area (Å²) in [7, 11) is -1.54. The van der Waals surface area contributed by atoms with Crippen molar-refractivity contribution in [2.75, 3.05) is 36.6 Å². The first kappa shape index (κ1) is 15.6. The van der Waals surface area contributed by atoms with Crippen LogP contribution in [0.15, 0.2) is 24.3 Å².